The molecule has 1 aliphatic heterocycles. The monoisotopic (exact) mass is 398 g/mol. The molecule has 2 N–H and O–H groups in total. The fourth-order valence-electron chi connectivity index (χ4n) is 3.53. The van der Waals surface area contributed by atoms with Crippen molar-refractivity contribution in [2.24, 2.45) is 12.0 Å². The lowest BCUT2D eigenvalue weighted by atomic mass is 10.0. The number of hydrogen-bond acceptors (Lipinski definition) is 4. The summed E-state index contributed by atoms with van der Waals surface area (Å²) in [6.45, 7) is 7.59. The van der Waals surface area contributed by atoms with Gasteiger partial charge in [0.2, 0.25) is 0 Å². The van der Waals surface area contributed by atoms with E-state index in [-0.39, 0.29) is 6.04 Å². The van der Waals surface area contributed by atoms with E-state index in [1.165, 1.54) is 24.8 Å². The van der Waals surface area contributed by atoms with Gasteiger partial charge in [-0.2, -0.15) is 0 Å². The fraction of sp³-hybridized carbons (Fsp3) is 0.591. The summed E-state index contributed by atoms with van der Waals surface area (Å²) in [7, 11) is 1.98. The van der Waals surface area contributed by atoms with Crippen molar-refractivity contribution in [3.8, 4) is 5.75 Å². The number of ether oxygens (including phenoxy) is 1. The molecular formula is C22H34N6O. The molecule has 1 aromatic carbocycles. The van der Waals surface area contributed by atoms with Crippen molar-refractivity contribution in [3.05, 3.63) is 41.5 Å². The van der Waals surface area contributed by atoms with E-state index in [1.807, 2.05) is 30.7 Å². The van der Waals surface area contributed by atoms with Gasteiger partial charge in [0.05, 0.1) is 12.6 Å². The molecular weight excluding hydrogens is 364 g/mol. The number of aryl methyl sites for hydroxylation is 1. The van der Waals surface area contributed by atoms with E-state index in [0.29, 0.717) is 19.2 Å². The normalized spacial score (nSPS) is 17.4. The zero-order valence-electron chi connectivity index (χ0n) is 18.1. The van der Waals surface area contributed by atoms with E-state index in [1.54, 1.807) is 0 Å². The van der Waals surface area contributed by atoms with E-state index in [2.05, 4.69) is 46.8 Å². The van der Waals surface area contributed by atoms with E-state index in [9.17, 15) is 0 Å². The van der Waals surface area contributed by atoms with Crippen LogP contribution in [0.3, 0.4) is 0 Å². The summed E-state index contributed by atoms with van der Waals surface area (Å²) >= 11 is 0. The Labute approximate surface area is 174 Å². The molecule has 0 aliphatic carbocycles. The van der Waals surface area contributed by atoms with Gasteiger partial charge >= 0.3 is 0 Å². The molecule has 0 fully saturated rings. The van der Waals surface area contributed by atoms with E-state index < -0.39 is 0 Å². The minimum atomic E-state index is 0.176. The number of aliphatic imine (C=N–C) groups is 1. The quantitative estimate of drug-likeness (QED) is 0.403. The maximum atomic E-state index is 5.81. The van der Waals surface area contributed by atoms with Crippen LogP contribution in [0.1, 0.15) is 69.2 Å². The molecule has 1 aliphatic rings. The molecule has 0 spiro atoms. The van der Waals surface area contributed by atoms with Gasteiger partial charge in [-0.15, -0.1) is 10.2 Å². The van der Waals surface area contributed by atoms with Crippen LogP contribution < -0.4 is 15.4 Å². The number of unbranched alkanes of at least 4 members (excludes halogenated alkanes) is 2. The average molecular weight is 399 g/mol. The molecule has 3 rings (SSSR count). The van der Waals surface area contributed by atoms with Gasteiger partial charge in [-0.25, -0.2) is 4.99 Å². The highest BCUT2D eigenvalue weighted by molar-refractivity contribution is 5.80. The molecule has 7 heteroatoms. The molecule has 2 heterocycles. The minimum Gasteiger partial charge on any atom is -0.493 e. The third-order valence-corrected chi connectivity index (χ3v) is 5.45. The van der Waals surface area contributed by atoms with Crippen LogP contribution in [0.25, 0.3) is 0 Å². The lowest BCUT2D eigenvalue weighted by Crippen LogP contribution is -2.44. The molecule has 0 bridgehead atoms. The third-order valence-electron chi connectivity index (χ3n) is 5.45. The van der Waals surface area contributed by atoms with Crippen molar-refractivity contribution < 1.29 is 4.74 Å². The largest absolute Gasteiger partial charge is 0.493 e. The standard InChI is InChI=1S/C22H34N6O/c1-5-6-7-10-16(2)24-22(23-15-21-27-26-17(3)28(21)4)25-19-13-14-29-20-12-9-8-11-18(19)20/h8-9,11-12,16,19H,5-7,10,13-15H2,1-4H3,(H2,23,24,25). The Morgan fingerprint density at radius 2 is 2.14 bits per heavy atom. The molecule has 29 heavy (non-hydrogen) atoms. The number of fused-ring (bicyclic) bond motifs is 1. The van der Waals surface area contributed by atoms with Gasteiger partial charge in [-0.05, 0) is 26.3 Å². The van der Waals surface area contributed by atoms with Crippen molar-refractivity contribution in [2.45, 2.75) is 71.5 Å². The van der Waals surface area contributed by atoms with Gasteiger partial charge in [0.1, 0.15) is 18.1 Å². The lowest BCUT2D eigenvalue weighted by Gasteiger charge is -2.29. The molecule has 0 radical (unpaired) electrons. The summed E-state index contributed by atoms with van der Waals surface area (Å²) in [5, 5.41) is 15.6. The Kier molecular flexibility index (Phi) is 7.49. The minimum absolute atomic E-state index is 0.176. The predicted octanol–water partition coefficient (Wildman–Crippen LogP) is 3.65. The third kappa shape index (κ3) is 5.71. The summed E-state index contributed by atoms with van der Waals surface area (Å²) in [4.78, 5) is 4.83. The molecule has 7 nitrogen and oxygen atoms in total. The number of nitrogens with one attached hydrogen (secondary N) is 2. The lowest BCUT2D eigenvalue weighted by molar-refractivity contribution is 0.261. The van der Waals surface area contributed by atoms with Gasteiger partial charge in [0.25, 0.3) is 0 Å². The van der Waals surface area contributed by atoms with Crippen molar-refractivity contribution in [1.82, 2.24) is 25.4 Å². The van der Waals surface area contributed by atoms with E-state index in [0.717, 1.165) is 36.2 Å². The van der Waals surface area contributed by atoms with E-state index >= 15 is 0 Å². The van der Waals surface area contributed by atoms with Crippen LogP contribution in [-0.4, -0.2) is 33.4 Å². The molecule has 1 aromatic heterocycles. The van der Waals surface area contributed by atoms with Crippen molar-refractivity contribution in [1.29, 1.82) is 0 Å². The number of aromatic nitrogens is 3. The van der Waals surface area contributed by atoms with Gasteiger partial charge in [0, 0.05) is 25.1 Å². The number of hydrogen-bond donors (Lipinski definition) is 2. The number of rotatable bonds is 8. The van der Waals surface area contributed by atoms with Gasteiger partial charge in [0.15, 0.2) is 11.8 Å². The predicted molar refractivity (Wildman–Crippen MR) is 116 cm³/mol. The Morgan fingerprint density at radius 1 is 1.31 bits per heavy atom. The Hall–Kier alpha value is -2.57. The van der Waals surface area contributed by atoms with Crippen LogP contribution in [0, 0.1) is 6.92 Å². The molecule has 2 aromatic rings. The van der Waals surface area contributed by atoms with Gasteiger partial charge in [-0.3, -0.25) is 0 Å². The SMILES string of the molecule is CCCCCC(C)NC(=NCc1nnc(C)n1C)NC1CCOc2ccccc21. The molecule has 2 atom stereocenters. The first-order chi connectivity index (χ1) is 14.1. The summed E-state index contributed by atoms with van der Waals surface area (Å²) in [6.07, 6.45) is 5.75. The number of benzene rings is 1. The summed E-state index contributed by atoms with van der Waals surface area (Å²) in [5.74, 6) is 3.52. The molecule has 0 saturated heterocycles. The van der Waals surface area contributed by atoms with Crippen molar-refractivity contribution in [2.75, 3.05) is 6.61 Å². The molecule has 158 valence electrons. The van der Waals surface area contributed by atoms with Gasteiger partial charge in [-0.1, -0.05) is 44.4 Å². The van der Waals surface area contributed by atoms with Crippen LogP contribution in [0.15, 0.2) is 29.3 Å². The molecule has 0 amide bonds. The first kappa shape index (κ1) is 21.1. The summed E-state index contributed by atoms with van der Waals surface area (Å²) in [6, 6.07) is 8.76. The zero-order chi connectivity index (χ0) is 20.6. The van der Waals surface area contributed by atoms with Crippen LogP contribution >= 0.6 is 0 Å². The van der Waals surface area contributed by atoms with Crippen LogP contribution in [0.4, 0.5) is 0 Å². The van der Waals surface area contributed by atoms with Gasteiger partial charge < -0.3 is 19.9 Å². The first-order valence-corrected chi connectivity index (χ1v) is 10.7. The highest BCUT2D eigenvalue weighted by Gasteiger charge is 2.22. The van der Waals surface area contributed by atoms with E-state index in [4.69, 9.17) is 9.73 Å². The Balaban J connectivity index is 1.73. The second-order valence-corrected chi connectivity index (χ2v) is 7.80. The number of para-hydroxylation sites is 1. The summed E-state index contributed by atoms with van der Waals surface area (Å²) in [5.41, 5.74) is 1.18. The highest BCUT2D eigenvalue weighted by Crippen LogP contribution is 2.31. The molecule has 2 unspecified atom stereocenters. The van der Waals surface area contributed by atoms with Crippen LogP contribution in [-0.2, 0) is 13.6 Å². The zero-order valence-corrected chi connectivity index (χ0v) is 18.1. The topological polar surface area (TPSA) is 76.4 Å². The maximum Gasteiger partial charge on any atom is 0.192 e. The Morgan fingerprint density at radius 3 is 2.90 bits per heavy atom. The van der Waals surface area contributed by atoms with Crippen molar-refractivity contribution >= 4 is 5.96 Å². The maximum absolute atomic E-state index is 5.81. The van der Waals surface area contributed by atoms with Crippen LogP contribution in [0.2, 0.25) is 0 Å². The molecule has 0 saturated carbocycles. The van der Waals surface area contributed by atoms with Crippen molar-refractivity contribution in [3.63, 3.8) is 0 Å². The number of guanidine groups is 1. The van der Waals surface area contributed by atoms with Crippen LogP contribution in [0.5, 0.6) is 5.75 Å². The fourth-order valence-corrected chi connectivity index (χ4v) is 3.53. The average Bonchev–Trinajstić information content (AvgIpc) is 3.04. The smallest absolute Gasteiger partial charge is 0.192 e. The second-order valence-electron chi connectivity index (χ2n) is 7.80. The number of nitrogens with zero attached hydrogens (tertiary/aromatic N) is 4. The second kappa shape index (κ2) is 10.3. The summed E-state index contributed by atoms with van der Waals surface area (Å²) < 4.78 is 7.79. The first-order valence-electron chi connectivity index (χ1n) is 10.7. The Bertz CT molecular complexity index is 815. The highest BCUT2D eigenvalue weighted by atomic mass is 16.5.